The van der Waals surface area contributed by atoms with Crippen LogP contribution < -0.4 is 4.90 Å². The summed E-state index contributed by atoms with van der Waals surface area (Å²) in [5, 5.41) is 10.5. The Morgan fingerprint density at radius 2 is 1.93 bits per heavy atom. The number of para-hydroxylation sites is 3. The molecule has 2 N–H and O–H groups in total. The Morgan fingerprint density at radius 1 is 1.10 bits per heavy atom. The van der Waals surface area contributed by atoms with Gasteiger partial charge in [-0.15, -0.1) is 6.58 Å². The highest BCUT2D eigenvalue weighted by Crippen LogP contribution is 2.24. The Morgan fingerprint density at radius 3 is 2.76 bits per heavy atom. The highest BCUT2D eigenvalue weighted by atomic mass is 16.3. The first kappa shape index (κ1) is 19.4. The van der Waals surface area contributed by atoms with Crippen LogP contribution in [-0.4, -0.2) is 40.5 Å². The Labute approximate surface area is 172 Å². The average Bonchev–Trinajstić information content (AvgIpc) is 3.11. The van der Waals surface area contributed by atoms with Crippen LogP contribution in [0.4, 0.5) is 5.95 Å². The molecule has 0 amide bonds. The van der Waals surface area contributed by atoms with Crippen LogP contribution in [0.2, 0.25) is 0 Å². The van der Waals surface area contributed by atoms with Gasteiger partial charge in [-0.3, -0.25) is 0 Å². The topological polar surface area (TPSA) is 54.8 Å². The third kappa shape index (κ3) is 4.40. The molecular formula is C24H29N4O+. The number of fused-ring (bicyclic) bond motifs is 1. The molecule has 4 rings (SSSR count). The molecule has 0 saturated carbocycles. The molecule has 0 radical (unpaired) electrons. The van der Waals surface area contributed by atoms with E-state index in [1.807, 2.05) is 36.4 Å². The van der Waals surface area contributed by atoms with Crippen LogP contribution in [0, 0.1) is 0 Å². The van der Waals surface area contributed by atoms with Gasteiger partial charge in [-0.05, 0) is 49.4 Å². The fourth-order valence-corrected chi connectivity index (χ4v) is 4.12. The van der Waals surface area contributed by atoms with E-state index in [1.54, 1.807) is 17.2 Å². The molecule has 2 heterocycles. The highest BCUT2D eigenvalue weighted by molar-refractivity contribution is 5.86. The molecule has 0 bridgehead atoms. The van der Waals surface area contributed by atoms with Gasteiger partial charge in [0.25, 0.3) is 0 Å². The molecule has 3 aromatic rings. The first-order chi connectivity index (χ1) is 14.3. The van der Waals surface area contributed by atoms with Crippen molar-refractivity contribution >= 4 is 23.2 Å². The number of benzene rings is 2. The van der Waals surface area contributed by atoms with Gasteiger partial charge in [0.05, 0.1) is 37.2 Å². The van der Waals surface area contributed by atoms with E-state index in [9.17, 15) is 5.11 Å². The molecule has 1 aliphatic rings. The number of nitrogens with one attached hydrogen (secondary N) is 1. The number of piperidine rings is 1. The van der Waals surface area contributed by atoms with Crippen LogP contribution in [0.3, 0.4) is 0 Å². The van der Waals surface area contributed by atoms with Crippen molar-refractivity contribution in [2.45, 2.75) is 32.2 Å². The first-order valence-electron chi connectivity index (χ1n) is 10.5. The van der Waals surface area contributed by atoms with Gasteiger partial charge in [0.1, 0.15) is 5.75 Å². The smallest absolute Gasteiger partial charge is 0.230 e. The SMILES string of the molecule is C=CCc1cccc(/C=N/c2nc3ccccc3n2CC[NH+]2CCCCC2)c1O. The summed E-state index contributed by atoms with van der Waals surface area (Å²) in [7, 11) is 0. The molecule has 1 saturated heterocycles. The minimum Gasteiger partial charge on any atom is -0.507 e. The Balaban J connectivity index is 1.62. The van der Waals surface area contributed by atoms with Crippen molar-refractivity contribution in [3.05, 3.63) is 66.2 Å². The van der Waals surface area contributed by atoms with Crippen LogP contribution >= 0.6 is 0 Å². The average molecular weight is 390 g/mol. The van der Waals surface area contributed by atoms with Crippen LogP contribution in [0.15, 0.2) is 60.1 Å². The molecule has 0 unspecified atom stereocenters. The van der Waals surface area contributed by atoms with Crippen molar-refractivity contribution in [1.82, 2.24) is 9.55 Å². The molecule has 1 fully saturated rings. The van der Waals surface area contributed by atoms with Crippen LogP contribution in [0.5, 0.6) is 5.75 Å². The molecule has 2 aromatic carbocycles. The third-order valence-corrected chi connectivity index (χ3v) is 5.72. The number of quaternary nitrogens is 1. The summed E-state index contributed by atoms with van der Waals surface area (Å²) in [4.78, 5) is 11.1. The predicted molar refractivity (Wildman–Crippen MR) is 118 cm³/mol. The standard InChI is InChI=1S/C24H28N4O/c1-2-9-19-10-8-11-20(23(19)29)18-25-24-26-21-12-4-5-13-22(21)28(24)17-16-27-14-6-3-7-15-27/h2,4-5,8,10-13,18,29H,1,3,6-7,9,14-17H2/p+1/b25-18+. The zero-order valence-electron chi connectivity index (χ0n) is 16.8. The van der Waals surface area contributed by atoms with E-state index in [2.05, 4.69) is 22.2 Å². The van der Waals surface area contributed by atoms with Crippen molar-refractivity contribution in [2.75, 3.05) is 19.6 Å². The number of rotatable bonds is 7. The predicted octanol–water partition coefficient (Wildman–Crippen LogP) is 3.29. The summed E-state index contributed by atoms with van der Waals surface area (Å²) in [6, 6.07) is 13.9. The molecule has 1 aliphatic heterocycles. The van der Waals surface area contributed by atoms with Gasteiger partial charge in [0.2, 0.25) is 5.95 Å². The number of hydrogen-bond donors (Lipinski definition) is 2. The molecular weight excluding hydrogens is 360 g/mol. The number of imidazole rings is 1. The molecule has 150 valence electrons. The largest absolute Gasteiger partial charge is 0.507 e. The second-order valence-electron chi connectivity index (χ2n) is 7.72. The molecule has 1 aromatic heterocycles. The number of likely N-dealkylation sites (tertiary alicyclic amines) is 1. The van der Waals surface area contributed by atoms with E-state index >= 15 is 0 Å². The maximum absolute atomic E-state index is 10.5. The first-order valence-corrected chi connectivity index (χ1v) is 10.5. The van der Waals surface area contributed by atoms with Crippen molar-refractivity contribution in [3.63, 3.8) is 0 Å². The number of allylic oxidation sites excluding steroid dienone is 1. The third-order valence-electron chi connectivity index (χ3n) is 5.72. The number of aromatic hydroxyl groups is 1. The van der Waals surface area contributed by atoms with Crippen molar-refractivity contribution in [1.29, 1.82) is 0 Å². The second kappa shape index (κ2) is 9.05. The van der Waals surface area contributed by atoms with Gasteiger partial charge in [-0.1, -0.05) is 30.3 Å². The van der Waals surface area contributed by atoms with Crippen LogP contribution in [0.25, 0.3) is 11.0 Å². The summed E-state index contributed by atoms with van der Waals surface area (Å²) in [5.74, 6) is 0.952. The van der Waals surface area contributed by atoms with Gasteiger partial charge in [0, 0.05) is 11.8 Å². The minimum absolute atomic E-state index is 0.261. The lowest BCUT2D eigenvalue weighted by molar-refractivity contribution is -0.905. The van der Waals surface area contributed by atoms with Crippen LogP contribution in [0.1, 0.15) is 30.4 Å². The molecule has 5 heteroatoms. The van der Waals surface area contributed by atoms with Gasteiger partial charge < -0.3 is 14.6 Å². The Bertz CT molecular complexity index is 1010. The zero-order chi connectivity index (χ0) is 20.1. The summed E-state index contributed by atoms with van der Waals surface area (Å²) in [6.45, 7) is 8.25. The van der Waals surface area contributed by atoms with Crippen molar-refractivity contribution in [3.8, 4) is 5.75 Å². The lowest BCUT2D eigenvalue weighted by Gasteiger charge is -2.23. The van der Waals surface area contributed by atoms with Gasteiger partial charge in [0.15, 0.2) is 0 Å². The fourth-order valence-electron chi connectivity index (χ4n) is 4.12. The summed E-state index contributed by atoms with van der Waals surface area (Å²) in [6.07, 6.45) is 8.15. The normalized spacial score (nSPS) is 15.3. The molecule has 29 heavy (non-hydrogen) atoms. The summed E-state index contributed by atoms with van der Waals surface area (Å²) < 4.78 is 2.21. The lowest BCUT2D eigenvalue weighted by atomic mass is 10.1. The van der Waals surface area contributed by atoms with E-state index in [0.29, 0.717) is 17.9 Å². The number of nitrogens with zero attached hydrogens (tertiary/aromatic N) is 3. The molecule has 0 atom stereocenters. The van der Waals surface area contributed by atoms with E-state index in [4.69, 9.17) is 4.98 Å². The van der Waals surface area contributed by atoms with Crippen LogP contribution in [-0.2, 0) is 13.0 Å². The maximum Gasteiger partial charge on any atom is 0.230 e. The van der Waals surface area contributed by atoms with Gasteiger partial charge in [-0.2, -0.15) is 0 Å². The fraction of sp³-hybridized carbons (Fsp3) is 0.333. The quantitative estimate of drug-likeness (QED) is 0.481. The molecule has 0 spiro atoms. The highest BCUT2D eigenvalue weighted by Gasteiger charge is 2.16. The monoisotopic (exact) mass is 389 g/mol. The Kier molecular flexibility index (Phi) is 6.06. The van der Waals surface area contributed by atoms with E-state index in [0.717, 1.165) is 29.7 Å². The number of aliphatic imine (C=N–C) groups is 1. The molecule has 5 nitrogen and oxygen atoms in total. The summed E-state index contributed by atoms with van der Waals surface area (Å²) in [5.41, 5.74) is 3.62. The number of phenolic OH excluding ortho intramolecular Hbond substituents is 1. The number of hydrogen-bond acceptors (Lipinski definition) is 3. The maximum atomic E-state index is 10.5. The lowest BCUT2D eigenvalue weighted by Crippen LogP contribution is -3.13. The van der Waals surface area contributed by atoms with Gasteiger partial charge >= 0.3 is 0 Å². The van der Waals surface area contributed by atoms with Gasteiger partial charge in [-0.25, -0.2) is 9.98 Å². The van der Waals surface area contributed by atoms with E-state index in [1.165, 1.54) is 32.4 Å². The van der Waals surface area contributed by atoms with Crippen molar-refractivity contribution < 1.29 is 10.0 Å². The van der Waals surface area contributed by atoms with E-state index in [-0.39, 0.29) is 5.75 Å². The van der Waals surface area contributed by atoms with Crippen molar-refractivity contribution in [2.24, 2.45) is 4.99 Å². The number of phenols is 1. The number of aromatic nitrogens is 2. The van der Waals surface area contributed by atoms with E-state index < -0.39 is 0 Å². The Hall–Kier alpha value is -2.92. The second-order valence-corrected chi connectivity index (χ2v) is 7.72. The zero-order valence-corrected chi connectivity index (χ0v) is 16.8. The molecule has 0 aliphatic carbocycles. The summed E-state index contributed by atoms with van der Waals surface area (Å²) >= 11 is 0. The minimum atomic E-state index is 0.261.